The number of fused-ring (bicyclic) bond motifs is 1. The first kappa shape index (κ1) is 19.3. The number of ketones is 1. The van der Waals surface area contributed by atoms with Crippen molar-refractivity contribution < 1.29 is 14.0 Å². The summed E-state index contributed by atoms with van der Waals surface area (Å²) >= 11 is 0. The number of hydrogen-bond acceptors (Lipinski definition) is 2. The molecule has 2 aromatic rings. The van der Waals surface area contributed by atoms with Gasteiger partial charge in [0, 0.05) is 5.56 Å². The average Bonchev–Trinajstić information content (AvgIpc) is 2.60. The molecule has 0 aliphatic heterocycles. The Balaban J connectivity index is 1.90. The first-order chi connectivity index (χ1) is 12.5. The van der Waals surface area contributed by atoms with Crippen molar-refractivity contribution in [2.45, 2.75) is 58.3 Å². The Morgan fingerprint density at radius 2 is 1.56 bits per heavy atom. The van der Waals surface area contributed by atoms with E-state index in [-0.39, 0.29) is 16.5 Å². The summed E-state index contributed by atoms with van der Waals surface area (Å²) in [5, 5.41) is 2.39. The molecule has 0 heterocycles. The lowest BCUT2D eigenvalue weighted by Gasteiger charge is -2.42. The van der Waals surface area contributed by atoms with E-state index in [0.717, 1.165) is 24.0 Å². The van der Waals surface area contributed by atoms with E-state index in [4.69, 9.17) is 0 Å². The topological polar surface area (TPSA) is 46.2 Å². The van der Waals surface area contributed by atoms with Gasteiger partial charge in [-0.25, -0.2) is 4.39 Å². The molecule has 0 radical (unpaired) electrons. The highest BCUT2D eigenvalue weighted by atomic mass is 19.1. The Kier molecular flexibility index (Phi) is 4.71. The van der Waals surface area contributed by atoms with Crippen LogP contribution in [0.1, 0.15) is 67.6 Å². The van der Waals surface area contributed by atoms with Gasteiger partial charge in [0.2, 0.25) is 0 Å². The lowest BCUT2D eigenvalue weighted by atomic mass is 9.63. The fraction of sp³-hybridized carbons (Fsp3) is 0.391. The van der Waals surface area contributed by atoms with Gasteiger partial charge in [-0.15, -0.1) is 0 Å². The minimum atomic E-state index is -0.828. The standard InChI is InChI=1S/C23H26FNO2/c1-14-6-9-19(18(24)12-14)25-21(27)20(26)15-7-8-16-17(13-15)23(4,5)11-10-22(16,2)3/h6-9,12-13H,10-11H2,1-5H3,(H,25,27). The number of benzene rings is 2. The second kappa shape index (κ2) is 6.59. The van der Waals surface area contributed by atoms with Crippen molar-refractivity contribution in [3.63, 3.8) is 0 Å². The van der Waals surface area contributed by atoms with Gasteiger partial charge >= 0.3 is 0 Å². The summed E-state index contributed by atoms with van der Waals surface area (Å²) in [6, 6.07) is 9.98. The molecular formula is C23H26FNO2. The first-order valence-corrected chi connectivity index (χ1v) is 9.28. The van der Waals surface area contributed by atoms with Crippen molar-refractivity contribution >= 4 is 17.4 Å². The molecule has 0 bridgehead atoms. The molecule has 0 fully saturated rings. The van der Waals surface area contributed by atoms with Crippen LogP contribution in [0.15, 0.2) is 36.4 Å². The highest BCUT2D eigenvalue weighted by molar-refractivity contribution is 6.46. The highest BCUT2D eigenvalue weighted by Gasteiger charge is 2.37. The molecule has 0 saturated carbocycles. The van der Waals surface area contributed by atoms with Gasteiger partial charge in [-0.2, -0.15) is 0 Å². The van der Waals surface area contributed by atoms with Crippen molar-refractivity contribution in [1.29, 1.82) is 0 Å². The second-order valence-electron chi connectivity index (χ2n) is 8.79. The largest absolute Gasteiger partial charge is 0.317 e. The fourth-order valence-electron chi connectivity index (χ4n) is 3.76. The number of halogens is 1. The van der Waals surface area contributed by atoms with Crippen LogP contribution >= 0.6 is 0 Å². The van der Waals surface area contributed by atoms with Crippen LogP contribution in [0.2, 0.25) is 0 Å². The molecule has 1 N–H and O–H groups in total. The third-order valence-electron chi connectivity index (χ3n) is 5.69. The number of anilines is 1. The van der Waals surface area contributed by atoms with Gasteiger partial charge < -0.3 is 5.32 Å². The van der Waals surface area contributed by atoms with E-state index in [1.807, 2.05) is 12.1 Å². The van der Waals surface area contributed by atoms with Gasteiger partial charge in [0.15, 0.2) is 0 Å². The van der Waals surface area contributed by atoms with Gasteiger partial charge in [-0.3, -0.25) is 9.59 Å². The lowest BCUT2D eigenvalue weighted by molar-refractivity contribution is -0.112. The molecule has 1 aliphatic rings. The number of Topliss-reactive ketones (excluding diaryl/α,β-unsaturated/α-hetero) is 1. The molecule has 1 aliphatic carbocycles. The van der Waals surface area contributed by atoms with Crippen LogP contribution < -0.4 is 5.32 Å². The number of nitrogens with one attached hydrogen (secondary N) is 1. The first-order valence-electron chi connectivity index (χ1n) is 9.28. The van der Waals surface area contributed by atoms with Crippen LogP contribution in [-0.2, 0) is 15.6 Å². The minimum Gasteiger partial charge on any atom is -0.317 e. The molecule has 1 amide bonds. The molecule has 0 saturated heterocycles. The van der Waals surface area contributed by atoms with Crippen molar-refractivity contribution in [2.75, 3.05) is 5.32 Å². The van der Waals surface area contributed by atoms with Gasteiger partial charge in [0.05, 0.1) is 5.69 Å². The summed E-state index contributed by atoms with van der Waals surface area (Å²) in [4.78, 5) is 25.0. The van der Waals surface area contributed by atoms with Crippen LogP contribution in [-0.4, -0.2) is 11.7 Å². The summed E-state index contributed by atoms with van der Waals surface area (Å²) in [5.74, 6) is -2.04. The molecule has 0 spiro atoms. The predicted octanol–water partition coefficient (Wildman–Crippen LogP) is 5.30. The number of carbonyl (C=O) groups excluding carboxylic acids is 2. The van der Waals surface area contributed by atoms with Crippen LogP contribution in [0.4, 0.5) is 10.1 Å². The molecular weight excluding hydrogens is 341 g/mol. The molecule has 0 unspecified atom stereocenters. The monoisotopic (exact) mass is 367 g/mol. The normalized spacial score (nSPS) is 17.1. The van der Waals surface area contributed by atoms with Crippen LogP contribution in [0.5, 0.6) is 0 Å². The maximum Gasteiger partial charge on any atom is 0.296 e. The number of hydrogen-bond donors (Lipinski definition) is 1. The number of amides is 1. The van der Waals surface area contributed by atoms with E-state index >= 15 is 0 Å². The molecule has 3 rings (SSSR count). The van der Waals surface area contributed by atoms with Gasteiger partial charge in [0.25, 0.3) is 11.7 Å². The summed E-state index contributed by atoms with van der Waals surface area (Å²) in [6.45, 7) is 10.5. The van der Waals surface area contributed by atoms with Crippen LogP contribution in [0.3, 0.4) is 0 Å². The molecule has 0 aromatic heterocycles. The summed E-state index contributed by atoms with van der Waals surface area (Å²) in [6.07, 6.45) is 2.10. The van der Waals surface area contributed by atoms with E-state index in [1.54, 1.807) is 19.1 Å². The fourth-order valence-corrected chi connectivity index (χ4v) is 3.76. The van der Waals surface area contributed by atoms with Gasteiger partial charge in [-0.05, 0) is 65.5 Å². The number of aryl methyl sites for hydroxylation is 1. The highest BCUT2D eigenvalue weighted by Crippen LogP contribution is 2.45. The predicted molar refractivity (Wildman–Crippen MR) is 106 cm³/mol. The molecule has 3 nitrogen and oxygen atoms in total. The smallest absolute Gasteiger partial charge is 0.296 e. The maximum atomic E-state index is 14.0. The van der Waals surface area contributed by atoms with Crippen molar-refractivity contribution in [3.8, 4) is 0 Å². The third kappa shape index (κ3) is 3.66. The zero-order valence-electron chi connectivity index (χ0n) is 16.6. The van der Waals surface area contributed by atoms with Crippen molar-refractivity contribution in [1.82, 2.24) is 0 Å². The summed E-state index contributed by atoms with van der Waals surface area (Å²) in [7, 11) is 0. The SMILES string of the molecule is Cc1ccc(NC(=O)C(=O)c2ccc3c(c2)C(C)(C)CCC3(C)C)c(F)c1. The van der Waals surface area contributed by atoms with E-state index in [9.17, 15) is 14.0 Å². The Morgan fingerprint density at radius 3 is 2.19 bits per heavy atom. The summed E-state index contributed by atoms with van der Waals surface area (Å²) in [5.41, 5.74) is 3.42. The van der Waals surface area contributed by atoms with Crippen molar-refractivity contribution in [2.24, 2.45) is 0 Å². The summed E-state index contributed by atoms with van der Waals surface area (Å²) < 4.78 is 14.0. The van der Waals surface area contributed by atoms with E-state index in [2.05, 4.69) is 33.0 Å². The molecule has 27 heavy (non-hydrogen) atoms. The van der Waals surface area contributed by atoms with E-state index in [0.29, 0.717) is 5.56 Å². The maximum absolute atomic E-state index is 14.0. The van der Waals surface area contributed by atoms with Crippen LogP contribution in [0, 0.1) is 12.7 Å². The zero-order chi connectivity index (χ0) is 20.0. The van der Waals surface area contributed by atoms with Gasteiger partial charge in [0.1, 0.15) is 5.82 Å². The third-order valence-corrected chi connectivity index (χ3v) is 5.69. The minimum absolute atomic E-state index is 0.0124. The Bertz CT molecular complexity index is 928. The van der Waals surface area contributed by atoms with Gasteiger partial charge in [-0.1, -0.05) is 45.9 Å². The zero-order valence-corrected chi connectivity index (χ0v) is 16.6. The van der Waals surface area contributed by atoms with E-state index in [1.165, 1.54) is 17.7 Å². The quantitative estimate of drug-likeness (QED) is 0.591. The molecule has 142 valence electrons. The molecule has 4 heteroatoms. The van der Waals surface area contributed by atoms with Crippen LogP contribution in [0.25, 0.3) is 0 Å². The number of rotatable bonds is 3. The lowest BCUT2D eigenvalue weighted by Crippen LogP contribution is -2.34. The Labute approximate surface area is 160 Å². The molecule has 2 aromatic carbocycles. The van der Waals surface area contributed by atoms with Crippen molar-refractivity contribution in [3.05, 3.63) is 64.5 Å². The average molecular weight is 367 g/mol. The molecule has 0 atom stereocenters. The second-order valence-corrected chi connectivity index (χ2v) is 8.79. The number of carbonyl (C=O) groups is 2. The Hall–Kier alpha value is -2.49. The van der Waals surface area contributed by atoms with E-state index < -0.39 is 17.5 Å². The Morgan fingerprint density at radius 1 is 0.926 bits per heavy atom.